The molecule has 0 unspecified atom stereocenters. The molecule has 0 aliphatic carbocycles. The Labute approximate surface area is 316 Å². The first-order chi connectivity index (χ1) is 20.2. The second-order valence-electron chi connectivity index (χ2n) is 11.2. The van der Waals surface area contributed by atoms with E-state index in [0.717, 1.165) is 38.5 Å². The van der Waals surface area contributed by atoms with Crippen LogP contribution >= 0.6 is 0 Å². The fourth-order valence-corrected chi connectivity index (χ4v) is 5.65. The Kier molecular flexibility index (Phi) is 45.9. The van der Waals surface area contributed by atoms with Crippen LogP contribution < -0.4 is 69.3 Å². The van der Waals surface area contributed by atoms with Crippen LogP contribution in [-0.4, -0.2) is 38.5 Å². The van der Waals surface area contributed by atoms with Crippen LogP contribution in [0.25, 0.3) is 0 Å². The second kappa shape index (κ2) is 39.5. The van der Waals surface area contributed by atoms with E-state index in [-0.39, 0.29) is 72.0 Å². The predicted molar refractivity (Wildman–Crippen MR) is 169 cm³/mol. The van der Waals surface area contributed by atoms with Crippen molar-refractivity contribution in [2.75, 3.05) is 0 Å². The molecule has 0 amide bonds. The van der Waals surface area contributed by atoms with E-state index in [1.807, 2.05) is 0 Å². The molecule has 0 rings (SSSR count). The molecular formula is C32H58Na2O8S2. The number of hydrogen-bond acceptors (Lipinski definition) is 8. The van der Waals surface area contributed by atoms with Crippen molar-refractivity contribution in [3.63, 3.8) is 0 Å². The van der Waals surface area contributed by atoms with E-state index in [1.54, 1.807) is 0 Å². The summed E-state index contributed by atoms with van der Waals surface area (Å²) >= 11 is 0. The molecule has 0 fully saturated rings. The van der Waals surface area contributed by atoms with Crippen LogP contribution in [0.4, 0.5) is 0 Å². The van der Waals surface area contributed by atoms with Crippen molar-refractivity contribution in [2.24, 2.45) is 0 Å². The van der Waals surface area contributed by atoms with E-state index in [4.69, 9.17) is 0 Å². The van der Waals surface area contributed by atoms with E-state index < -0.39 is 42.3 Å². The molecule has 248 valence electrons. The number of carbonyl (C=O) groups excluding carboxylic acids is 2. The number of hydrogen-bond donors (Lipinski definition) is 0. The molecular weight excluding hydrogens is 622 g/mol. The van der Waals surface area contributed by atoms with Gasteiger partial charge >= 0.3 is 59.1 Å². The minimum Gasteiger partial charge on any atom is -0.544 e. The second-order valence-corrected chi connectivity index (χ2v) is 13.1. The smallest absolute Gasteiger partial charge is 0.544 e. The molecule has 0 saturated heterocycles. The van der Waals surface area contributed by atoms with Crippen molar-refractivity contribution in [3.05, 3.63) is 0 Å². The molecule has 0 aliphatic rings. The molecule has 0 heterocycles. The van der Waals surface area contributed by atoms with Crippen LogP contribution in [0.15, 0.2) is 0 Å². The number of carboxylic acids is 2. The van der Waals surface area contributed by atoms with Gasteiger partial charge in [-0.3, -0.25) is 0 Å². The van der Waals surface area contributed by atoms with Gasteiger partial charge in [0.1, 0.15) is 0 Å². The van der Waals surface area contributed by atoms with Crippen LogP contribution in [-0.2, 0) is 30.2 Å². The molecule has 0 atom stereocenters. The molecule has 0 aromatic heterocycles. The third kappa shape index (κ3) is 36.8. The van der Waals surface area contributed by atoms with E-state index in [1.165, 1.54) is 103 Å². The van der Waals surface area contributed by atoms with Crippen molar-refractivity contribution in [1.82, 2.24) is 0 Å². The van der Waals surface area contributed by atoms with Gasteiger partial charge in [0.2, 0.25) is 20.6 Å². The zero-order chi connectivity index (χ0) is 31.8. The van der Waals surface area contributed by atoms with Crippen molar-refractivity contribution in [2.45, 2.75) is 181 Å². The van der Waals surface area contributed by atoms with Gasteiger partial charge in [-0.05, 0) is 25.7 Å². The topological polar surface area (TPSA) is 149 Å². The maximum atomic E-state index is 10.6. The average Bonchev–Trinajstić information content (AvgIpc) is 2.93. The molecule has 0 aromatic carbocycles. The van der Waals surface area contributed by atoms with Crippen LogP contribution in [0, 0.1) is 0 Å². The zero-order valence-corrected chi connectivity index (χ0v) is 34.1. The first kappa shape index (κ1) is 51.2. The molecule has 0 aromatic rings. The fraction of sp³-hybridized carbons (Fsp3) is 0.875. The van der Waals surface area contributed by atoms with Gasteiger partial charge in [0.15, 0.2) is 0 Å². The monoisotopic (exact) mass is 680 g/mol. The van der Waals surface area contributed by atoms with Crippen molar-refractivity contribution in [1.29, 1.82) is 0 Å². The molecule has 0 radical (unpaired) electrons. The molecule has 44 heavy (non-hydrogen) atoms. The summed E-state index contributed by atoms with van der Waals surface area (Å²) in [7, 11) is -5.29. The van der Waals surface area contributed by atoms with E-state index in [0.29, 0.717) is 12.8 Å². The molecule has 8 nitrogen and oxygen atoms in total. The Balaban J connectivity index is -0.000000348. The van der Waals surface area contributed by atoms with Gasteiger partial charge < -0.3 is 19.8 Å². The maximum Gasteiger partial charge on any atom is 1.00 e. The molecule has 12 heteroatoms. The standard InChI is InChI=1S/2C16H30O4S.2Na/c2*1-2-3-4-5-6-7-8-9-10-11-12-13-14-15(16(17)18)21(19)20;;/h2*2-14H2,1H3,(H,17,18);;/q;;2*+1/p-2. The number of rotatable bonds is 28. The summed E-state index contributed by atoms with van der Waals surface area (Å²) < 4.78 is 42.5. The van der Waals surface area contributed by atoms with E-state index in [9.17, 15) is 36.6 Å². The predicted octanol–water partition coefficient (Wildman–Crippen LogP) is -0.234. The average molecular weight is 681 g/mol. The van der Waals surface area contributed by atoms with E-state index >= 15 is 0 Å². The minimum atomic E-state index is -2.64. The number of unbranched alkanes of at least 4 members (excludes halogenated alkanes) is 22. The van der Waals surface area contributed by atoms with Crippen molar-refractivity contribution in [3.8, 4) is 0 Å². The van der Waals surface area contributed by atoms with E-state index in [2.05, 4.69) is 13.8 Å². The zero-order valence-electron chi connectivity index (χ0n) is 28.5. The summed E-state index contributed by atoms with van der Waals surface area (Å²) in [5.41, 5.74) is 0. The summed E-state index contributed by atoms with van der Waals surface area (Å²) in [6, 6.07) is 0. The van der Waals surface area contributed by atoms with Gasteiger partial charge in [-0.15, -0.1) is 0 Å². The van der Waals surface area contributed by atoms with Gasteiger partial charge in [0.25, 0.3) is 0 Å². The molecule has 0 saturated carbocycles. The Morgan fingerprint density at radius 3 is 0.727 bits per heavy atom. The molecule has 0 aliphatic heterocycles. The Morgan fingerprint density at radius 1 is 0.386 bits per heavy atom. The first-order valence-electron chi connectivity index (χ1n) is 16.5. The fourth-order valence-electron chi connectivity index (χ4n) is 4.76. The Morgan fingerprint density at radius 2 is 0.568 bits per heavy atom. The minimum absolute atomic E-state index is 0. The SMILES string of the molecule is CCCCCCCCCCCCCCC(C(=O)[O-])=S(=O)=O.CCCCCCCCCCCCCCC(C(=O)[O-])=S(=O)=O.[Na+].[Na+]. The quantitative estimate of drug-likeness (QED) is 0.0625. The molecule has 0 spiro atoms. The Hall–Kier alpha value is 0.320. The largest absolute Gasteiger partial charge is 1.00 e. The van der Waals surface area contributed by atoms with Crippen LogP contribution in [0.2, 0.25) is 0 Å². The summed E-state index contributed by atoms with van der Waals surface area (Å²) in [6.07, 6.45) is 28.5. The van der Waals surface area contributed by atoms with Crippen molar-refractivity contribution < 1.29 is 95.8 Å². The summed E-state index contributed by atoms with van der Waals surface area (Å²) in [6.45, 7) is 4.45. The first-order valence-corrected chi connectivity index (χ1v) is 18.7. The number of aliphatic carboxylic acids is 2. The van der Waals surface area contributed by atoms with Crippen molar-refractivity contribution >= 4 is 42.3 Å². The van der Waals surface area contributed by atoms with Gasteiger partial charge in [-0.1, -0.05) is 155 Å². The van der Waals surface area contributed by atoms with Gasteiger partial charge in [0, 0.05) is 0 Å². The maximum absolute atomic E-state index is 10.6. The van der Waals surface area contributed by atoms with Crippen LogP contribution in [0.5, 0.6) is 0 Å². The van der Waals surface area contributed by atoms with Gasteiger partial charge in [-0.2, -0.15) is 16.8 Å². The van der Waals surface area contributed by atoms with Crippen LogP contribution in [0.1, 0.15) is 181 Å². The number of carboxylic acid groups (broad SMARTS) is 2. The number of carbonyl (C=O) groups is 2. The summed E-state index contributed by atoms with van der Waals surface area (Å²) in [5.74, 6) is -3.13. The third-order valence-electron chi connectivity index (χ3n) is 7.37. The van der Waals surface area contributed by atoms with Crippen LogP contribution in [0.3, 0.4) is 0 Å². The summed E-state index contributed by atoms with van der Waals surface area (Å²) in [4.78, 5) is 20.1. The molecule has 0 N–H and O–H groups in total. The normalized spacial score (nSPS) is 10.0. The van der Waals surface area contributed by atoms with Gasteiger partial charge in [0.05, 0.1) is 21.7 Å². The Bertz CT molecular complexity index is 871. The molecule has 0 bridgehead atoms. The van der Waals surface area contributed by atoms with Gasteiger partial charge in [-0.25, -0.2) is 0 Å². The third-order valence-corrected chi connectivity index (χ3v) is 8.92. The summed E-state index contributed by atoms with van der Waals surface area (Å²) in [5, 5.41) is 21.1.